The number of rotatable bonds is 3. The number of nitrogens with one attached hydrogen (secondary N) is 2. The minimum absolute atomic E-state index is 0.00403. The Labute approximate surface area is 129 Å². The predicted octanol–water partition coefficient (Wildman–Crippen LogP) is 4.24. The molecule has 0 saturated heterocycles. The fourth-order valence-electron chi connectivity index (χ4n) is 1.59. The Balaban J connectivity index is 1.95. The van der Waals surface area contributed by atoms with Gasteiger partial charge in [-0.15, -0.1) is 0 Å². The van der Waals surface area contributed by atoms with Gasteiger partial charge in [-0.25, -0.2) is 13.2 Å². The lowest BCUT2D eigenvalue weighted by molar-refractivity contribution is 0.604. The minimum atomic E-state index is -0.620. The number of thiocarbonyl (C=S) groups is 1. The molecule has 2 aromatic carbocycles. The maximum atomic E-state index is 13.4. The smallest absolute Gasteiger partial charge is 0.171 e. The van der Waals surface area contributed by atoms with Crippen LogP contribution in [0.15, 0.2) is 36.4 Å². The molecule has 0 spiro atoms. The largest absolute Gasteiger partial charge is 0.358 e. The average Bonchev–Trinajstić information content (AvgIpc) is 2.44. The van der Waals surface area contributed by atoms with Crippen molar-refractivity contribution in [3.8, 4) is 0 Å². The van der Waals surface area contributed by atoms with Crippen LogP contribution < -0.4 is 10.6 Å². The van der Waals surface area contributed by atoms with E-state index in [2.05, 4.69) is 10.6 Å². The zero-order valence-corrected chi connectivity index (χ0v) is 12.2. The van der Waals surface area contributed by atoms with E-state index in [1.165, 1.54) is 12.1 Å². The van der Waals surface area contributed by atoms with Crippen LogP contribution in [0.1, 0.15) is 5.56 Å². The van der Waals surface area contributed by atoms with Crippen molar-refractivity contribution in [2.24, 2.45) is 0 Å². The summed E-state index contributed by atoms with van der Waals surface area (Å²) in [5.41, 5.74) is 0.634. The molecule has 0 amide bonds. The zero-order chi connectivity index (χ0) is 15.4. The molecule has 0 aromatic heterocycles. The Kier molecular flexibility index (Phi) is 5.03. The molecule has 0 aliphatic rings. The van der Waals surface area contributed by atoms with Crippen molar-refractivity contribution in [1.82, 2.24) is 5.32 Å². The molecule has 110 valence electrons. The number of hydrogen-bond donors (Lipinski definition) is 2. The Bertz CT molecular complexity index is 679. The summed E-state index contributed by atoms with van der Waals surface area (Å²) < 4.78 is 39.4. The van der Waals surface area contributed by atoms with Crippen molar-refractivity contribution in [2.75, 3.05) is 5.32 Å². The quantitative estimate of drug-likeness (QED) is 0.823. The molecule has 0 radical (unpaired) electrons. The molecule has 0 fully saturated rings. The highest BCUT2D eigenvalue weighted by molar-refractivity contribution is 7.80. The van der Waals surface area contributed by atoms with E-state index in [-0.39, 0.29) is 22.4 Å². The van der Waals surface area contributed by atoms with Crippen LogP contribution in [-0.2, 0) is 6.54 Å². The highest BCUT2D eigenvalue weighted by Gasteiger charge is 2.06. The lowest BCUT2D eigenvalue weighted by Crippen LogP contribution is -2.28. The Morgan fingerprint density at radius 2 is 1.76 bits per heavy atom. The molecular formula is C14H10ClF3N2S. The summed E-state index contributed by atoms with van der Waals surface area (Å²) in [5.74, 6) is -1.71. The summed E-state index contributed by atoms with van der Waals surface area (Å²) in [4.78, 5) is 0. The Morgan fingerprint density at radius 1 is 1.05 bits per heavy atom. The van der Waals surface area contributed by atoms with Gasteiger partial charge in [0.05, 0.1) is 10.7 Å². The van der Waals surface area contributed by atoms with Crippen LogP contribution in [0.25, 0.3) is 0 Å². The van der Waals surface area contributed by atoms with Gasteiger partial charge in [0.25, 0.3) is 0 Å². The van der Waals surface area contributed by atoms with Gasteiger partial charge < -0.3 is 10.6 Å². The standard InChI is InChI=1S/C14H10ClF3N2S/c15-10-5-8(1-3-11(10)17)7-19-14(21)20-13-6-9(16)2-4-12(13)18/h1-6H,7H2,(H2,19,20,21). The van der Waals surface area contributed by atoms with Gasteiger partial charge in [0.2, 0.25) is 0 Å². The minimum Gasteiger partial charge on any atom is -0.358 e. The van der Waals surface area contributed by atoms with Gasteiger partial charge in [-0.1, -0.05) is 17.7 Å². The molecule has 0 heterocycles. The predicted molar refractivity (Wildman–Crippen MR) is 80.8 cm³/mol. The summed E-state index contributed by atoms with van der Waals surface area (Å²) in [6.45, 7) is 0.267. The van der Waals surface area contributed by atoms with Crippen molar-refractivity contribution in [2.45, 2.75) is 6.54 Å². The summed E-state index contributed by atoms with van der Waals surface area (Å²) in [6.07, 6.45) is 0. The van der Waals surface area contributed by atoms with Crippen molar-refractivity contribution < 1.29 is 13.2 Å². The molecule has 0 aliphatic heterocycles. The second-order valence-corrected chi connectivity index (χ2v) is 5.00. The topological polar surface area (TPSA) is 24.1 Å². The first kappa shape index (κ1) is 15.6. The van der Waals surface area contributed by atoms with Crippen LogP contribution in [0.4, 0.5) is 18.9 Å². The third-order valence-electron chi connectivity index (χ3n) is 2.61. The van der Waals surface area contributed by atoms with E-state index in [0.717, 1.165) is 18.2 Å². The number of anilines is 1. The summed E-state index contributed by atoms with van der Waals surface area (Å²) in [5, 5.41) is 5.45. The maximum Gasteiger partial charge on any atom is 0.171 e. The van der Waals surface area contributed by atoms with Crippen molar-refractivity contribution in [3.63, 3.8) is 0 Å². The lowest BCUT2D eigenvalue weighted by atomic mass is 10.2. The Hall–Kier alpha value is -1.79. The molecular weight excluding hydrogens is 321 g/mol. The molecule has 0 bridgehead atoms. The fraction of sp³-hybridized carbons (Fsp3) is 0.0714. The molecule has 2 rings (SSSR count). The van der Waals surface area contributed by atoms with Gasteiger partial charge >= 0.3 is 0 Å². The summed E-state index contributed by atoms with van der Waals surface area (Å²) in [6, 6.07) is 7.24. The van der Waals surface area contributed by atoms with Gasteiger partial charge in [0.1, 0.15) is 17.5 Å². The highest BCUT2D eigenvalue weighted by Crippen LogP contribution is 2.17. The normalized spacial score (nSPS) is 10.3. The van der Waals surface area contributed by atoms with Gasteiger partial charge in [0.15, 0.2) is 5.11 Å². The van der Waals surface area contributed by atoms with Crippen LogP contribution in [0, 0.1) is 17.5 Å². The van der Waals surface area contributed by atoms with Crippen LogP contribution in [0.5, 0.6) is 0 Å². The second-order valence-electron chi connectivity index (χ2n) is 4.18. The van der Waals surface area contributed by atoms with E-state index in [9.17, 15) is 13.2 Å². The molecule has 21 heavy (non-hydrogen) atoms. The van der Waals surface area contributed by atoms with E-state index in [4.69, 9.17) is 23.8 Å². The monoisotopic (exact) mass is 330 g/mol. The van der Waals surface area contributed by atoms with Gasteiger partial charge in [0, 0.05) is 12.6 Å². The molecule has 0 aliphatic carbocycles. The number of halogens is 4. The first-order valence-electron chi connectivity index (χ1n) is 5.89. The molecule has 0 unspecified atom stereocenters. The number of benzene rings is 2. The van der Waals surface area contributed by atoms with Crippen LogP contribution >= 0.6 is 23.8 Å². The first-order valence-corrected chi connectivity index (χ1v) is 6.68. The third kappa shape index (κ3) is 4.34. The van der Waals surface area contributed by atoms with Gasteiger partial charge in [-0.05, 0) is 42.0 Å². The van der Waals surface area contributed by atoms with E-state index in [1.807, 2.05) is 0 Å². The number of hydrogen-bond acceptors (Lipinski definition) is 1. The molecule has 0 saturated carbocycles. The van der Waals surface area contributed by atoms with Crippen molar-refractivity contribution in [3.05, 3.63) is 64.4 Å². The molecule has 2 nitrogen and oxygen atoms in total. The van der Waals surface area contributed by atoms with Gasteiger partial charge in [-0.2, -0.15) is 0 Å². The molecule has 7 heteroatoms. The lowest BCUT2D eigenvalue weighted by Gasteiger charge is -2.11. The molecule has 0 atom stereocenters. The van der Waals surface area contributed by atoms with Crippen molar-refractivity contribution >= 4 is 34.6 Å². The third-order valence-corrected chi connectivity index (χ3v) is 3.15. The highest BCUT2D eigenvalue weighted by atomic mass is 35.5. The van der Waals surface area contributed by atoms with E-state index >= 15 is 0 Å². The second kappa shape index (κ2) is 6.78. The average molecular weight is 331 g/mol. The SMILES string of the molecule is Fc1ccc(F)c(NC(=S)NCc2ccc(F)c(Cl)c2)c1. The van der Waals surface area contributed by atoms with E-state index in [1.54, 1.807) is 6.07 Å². The Morgan fingerprint density at radius 3 is 2.48 bits per heavy atom. The molecule has 2 aromatic rings. The first-order chi connectivity index (χ1) is 9.95. The van der Waals surface area contributed by atoms with Crippen LogP contribution in [0.2, 0.25) is 5.02 Å². The molecule has 2 N–H and O–H groups in total. The maximum absolute atomic E-state index is 13.4. The summed E-state index contributed by atoms with van der Waals surface area (Å²) >= 11 is 10.6. The van der Waals surface area contributed by atoms with Crippen LogP contribution in [-0.4, -0.2) is 5.11 Å². The fourth-order valence-corrected chi connectivity index (χ4v) is 1.98. The van der Waals surface area contributed by atoms with E-state index in [0.29, 0.717) is 5.56 Å². The zero-order valence-electron chi connectivity index (χ0n) is 10.6. The van der Waals surface area contributed by atoms with Crippen molar-refractivity contribution in [1.29, 1.82) is 0 Å². The summed E-state index contributed by atoms with van der Waals surface area (Å²) in [7, 11) is 0. The van der Waals surface area contributed by atoms with E-state index < -0.39 is 17.5 Å². The van der Waals surface area contributed by atoms with Gasteiger partial charge in [-0.3, -0.25) is 0 Å². The van der Waals surface area contributed by atoms with Crippen LogP contribution in [0.3, 0.4) is 0 Å².